The van der Waals surface area contributed by atoms with Crippen LogP contribution in [0, 0.1) is 0 Å². The first-order valence-electron chi connectivity index (χ1n) is 12.2. The molecule has 0 unspecified atom stereocenters. The largest absolute Gasteiger partial charge is 0.423 e. The van der Waals surface area contributed by atoms with Gasteiger partial charge < -0.3 is 4.43 Å². The minimum Gasteiger partial charge on any atom is -0.423 e. The molecule has 34 heavy (non-hydrogen) atoms. The summed E-state index contributed by atoms with van der Waals surface area (Å²) in [4.78, 5) is 0. The van der Waals surface area contributed by atoms with Crippen molar-refractivity contribution in [3.8, 4) is 0 Å². The van der Waals surface area contributed by atoms with Gasteiger partial charge in [-0.15, -0.1) is 0 Å². The van der Waals surface area contributed by atoms with Crippen LogP contribution >= 0.6 is 0 Å². The quantitative estimate of drug-likeness (QED) is 0.373. The van der Waals surface area contributed by atoms with Crippen LogP contribution in [-0.2, 0) is 4.43 Å². The van der Waals surface area contributed by atoms with Gasteiger partial charge in [0.25, 0.3) is 0 Å². The summed E-state index contributed by atoms with van der Waals surface area (Å²) in [5, 5.41) is 6.29. The highest BCUT2D eigenvalue weighted by atomic mass is 29.8. The molecule has 1 aliphatic rings. The van der Waals surface area contributed by atoms with Gasteiger partial charge in [0.2, 0.25) is 0 Å². The second-order valence-electron chi connectivity index (χ2n) is 10.5. The molecule has 1 nitrogen and oxygen atoms in total. The fraction of sp³-hybridized carbons (Fsp3) is 0.172. The van der Waals surface area contributed by atoms with Gasteiger partial charge in [-0.05, 0) is 13.1 Å². The first kappa shape index (κ1) is 23.4. The molecule has 0 aliphatic carbocycles. The van der Waals surface area contributed by atoms with Crippen molar-refractivity contribution in [2.45, 2.75) is 26.2 Å². The van der Waals surface area contributed by atoms with Crippen molar-refractivity contribution < 1.29 is 4.43 Å². The average molecular weight is 511 g/mol. The number of benzene rings is 4. The van der Waals surface area contributed by atoms with Crippen molar-refractivity contribution in [2.24, 2.45) is 0 Å². The van der Waals surface area contributed by atoms with E-state index >= 15 is 0 Å². The van der Waals surface area contributed by atoms with E-state index in [1.165, 1.54) is 10.4 Å². The summed E-state index contributed by atoms with van der Waals surface area (Å²) in [7, 11) is -8.65. The van der Waals surface area contributed by atoms with Crippen molar-refractivity contribution >= 4 is 50.4 Å². The van der Waals surface area contributed by atoms with Gasteiger partial charge in [0.05, 0.1) is 7.11 Å². The Balaban J connectivity index is 2.04. The Kier molecular flexibility index (Phi) is 6.02. The van der Waals surface area contributed by atoms with E-state index in [2.05, 4.69) is 148 Å². The van der Waals surface area contributed by atoms with Crippen LogP contribution in [0.15, 0.2) is 121 Å². The molecule has 0 aromatic heterocycles. The van der Waals surface area contributed by atoms with E-state index in [0.29, 0.717) is 0 Å². The normalized spacial score (nSPS) is 19.9. The third-order valence-corrected chi connectivity index (χ3v) is 66.7. The molecule has 1 heterocycles. The summed E-state index contributed by atoms with van der Waals surface area (Å²) in [5.41, 5.74) is 0. The SMILES string of the molecule is C[Si]1(C)OC[Si](c2ccccc2)(c2ccccc2)[Si](c2ccccc2)(c2ccccc2)[Si]1(C)C. The van der Waals surface area contributed by atoms with Crippen LogP contribution in [0.5, 0.6) is 0 Å². The third kappa shape index (κ3) is 3.18. The average Bonchev–Trinajstić information content (AvgIpc) is 2.88. The molecule has 4 aromatic carbocycles. The summed E-state index contributed by atoms with van der Waals surface area (Å²) in [6, 6.07) is 46.3. The van der Waals surface area contributed by atoms with Gasteiger partial charge >= 0.3 is 0 Å². The Morgan fingerprint density at radius 1 is 0.471 bits per heavy atom. The van der Waals surface area contributed by atoms with Crippen LogP contribution in [0.2, 0.25) is 26.2 Å². The lowest BCUT2D eigenvalue weighted by molar-refractivity contribution is 0.384. The molecule has 0 saturated carbocycles. The van der Waals surface area contributed by atoms with Gasteiger partial charge in [-0.25, -0.2) is 0 Å². The summed E-state index contributed by atoms with van der Waals surface area (Å²) < 4.78 is 7.20. The Morgan fingerprint density at radius 2 is 0.794 bits per heavy atom. The lowest BCUT2D eigenvalue weighted by Crippen LogP contribution is -3.01. The summed E-state index contributed by atoms with van der Waals surface area (Å²) >= 11 is 0. The van der Waals surface area contributed by atoms with E-state index in [9.17, 15) is 0 Å². The zero-order valence-corrected chi connectivity index (χ0v) is 24.7. The monoisotopic (exact) mass is 510 g/mol. The van der Waals surface area contributed by atoms with E-state index < -0.39 is 29.6 Å². The Morgan fingerprint density at radius 3 is 1.15 bits per heavy atom. The predicted octanol–water partition coefficient (Wildman–Crippen LogP) is 4.23. The molecule has 0 atom stereocenters. The fourth-order valence-corrected chi connectivity index (χ4v) is 78.5. The van der Waals surface area contributed by atoms with Crippen LogP contribution in [0.1, 0.15) is 0 Å². The van der Waals surface area contributed by atoms with E-state index in [0.717, 1.165) is 6.23 Å². The van der Waals surface area contributed by atoms with Gasteiger partial charge in [-0.2, -0.15) is 0 Å². The third-order valence-electron chi connectivity index (χ3n) is 8.68. The molecule has 1 fully saturated rings. The van der Waals surface area contributed by atoms with Crippen molar-refractivity contribution in [3.63, 3.8) is 0 Å². The van der Waals surface area contributed by atoms with Crippen LogP contribution < -0.4 is 20.7 Å². The molecule has 0 N–H and O–H groups in total. The minimum atomic E-state index is -2.41. The van der Waals surface area contributed by atoms with Gasteiger partial charge in [-0.3, -0.25) is 0 Å². The van der Waals surface area contributed by atoms with E-state index in [4.69, 9.17) is 4.43 Å². The summed E-state index contributed by atoms with van der Waals surface area (Å²) in [5.74, 6) is 0. The molecule has 0 amide bonds. The molecule has 0 spiro atoms. The Bertz CT molecular complexity index is 1160. The minimum absolute atomic E-state index is 0.882. The maximum atomic E-state index is 7.20. The highest BCUT2D eigenvalue weighted by molar-refractivity contribution is 7.92. The molecule has 1 aliphatic heterocycles. The van der Waals surface area contributed by atoms with Crippen LogP contribution in [-0.4, -0.2) is 35.9 Å². The second kappa shape index (κ2) is 8.73. The van der Waals surface area contributed by atoms with Crippen molar-refractivity contribution in [1.29, 1.82) is 0 Å². The maximum Gasteiger partial charge on any atom is 0.171 e. The number of hydrogen-bond acceptors (Lipinski definition) is 1. The van der Waals surface area contributed by atoms with Crippen molar-refractivity contribution in [3.05, 3.63) is 121 Å². The van der Waals surface area contributed by atoms with Gasteiger partial charge in [-0.1, -0.05) is 155 Å². The van der Waals surface area contributed by atoms with Crippen LogP contribution in [0.3, 0.4) is 0 Å². The maximum absolute atomic E-state index is 7.20. The smallest absolute Gasteiger partial charge is 0.171 e. The molecule has 4 aromatic rings. The molecule has 172 valence electrons. The second-order valence-corrected chi connectivity index (χ2v) is 44.2. The topological polar surface area (TPSA) is 9.23 Å². The van der Waals surface area contributed by atoms with Crippen LogP contribution in [0.4, 0.5) is 0 Å². The Labute approximate surface area is 208 Å². The van der Waals surface area contributed by atoms with E-state index in [1.807, 2.05) is 0 Å². The molecule has 0 bridgehead atoms. The van der Waals surface area contributed by atoms with Gasteiger partial charge in [0.1, 0.15) is 14.7 Å². The zero-order chi connectivity index (χ0) is 23.9. The summed E-state index contributed by atoms with van der Waals surface area (Å²) in [6.07, 6.45) is 0.882. The van der Waals surface area contributed by atoms with Crippen LogP contribution in [0.25, 0.3) is 0 Å². The van der Waals surface area contributed by atoms with Crippen molar-refractivity contribution in [1.82, 2.24) is 0 Å². The zero-order valence-electron chi connectivity index (χ0n) is 20.7. The molecule has 0 radical (unpaired) electrons. The summed E-state index contributed by atoms with van der Waals surface area (Å²) in [6.45, 7) is 10.4. The highest BCUT2D eigenvalue weighted by Gasteiger charge is 2.74. The first-order chi connectivity index (χ1) is 16.4. The predicted molar refractivity (Wildman–Crippen MR) is 157 cm³/mol. The van der Waals surface area contributed by atoms with E-state index in [1.54, 1.807) is 10.4 Å². The lowest BCUT2D eigenvalue weighted by atomic mass is 10.4. The first-order valence-corrected chi connectivity index (χ1v) is 25.4. The number of rotatable bonds is 4. The van der Waals surface area contributed by atoms with Gasteiger partial charge in [0.15, 0.2) is 7.83 Å². The molecular formula is C29H34OSi4. The molecule has 5 heteroatoms. The highest BCUT2D eigenvalue weighted by Crippen LogP contribution is 2.40. The Hall–Kier alpha value is -2.29. The molecular weight excluding hydrogens is 477 g/mol. The lowest BCUT2D eigenvalue weighted by Gasteiger charge is -2.64. The molecule has 1 saturated heterocycles. The molecule has 5 rings (SSSR count). The van der Waals surface area contributed by atoms with E-state index in [-0.39, 0.29) is 0 Å². The standard InChI is InChI=1S/C29H34OSi4/c1-31(2)30-25-33(26-17-9-5-10-18-26,27-19-11-6-12-20-27)34(32(31,3)4,28-21-13-7-14-22-28)29-23-15-8-16-24-29/h5-24H,25H2,1-4H3. The van der Waals surface area contributed by atoms with Crippen molar-refractivity contribution in [2.75, 3.05) is 6.23 Å². The number of hydrogen-bond donors (Lipinski definition) is 0. The van der Waals surface area contributed by atoms with Gasteiger partial charge in [0, 0.05) is 6.23 Å². The fourth-order valence-electron chi connectivity index (χ4n) is 6.53.